The van der Waals surface area contributed by atoms with Gasteiger partial charge in [0.15, 0.2) is 0 Å². The Morgan fingerprint density at radius 2 is 1.94 bits per heavy atom. The zero-order chi connectivity index (χ0) is 11.5. The minimum Gasteiger partial charge on any atom is -0.508 e. The molecule has 1 saturated carbocycles. The molecule has 0 spiro atoms. The number of aromatic hydroxyl groups is 1. The van der Waals surface area contributed by atoms with Gasteiger partial charge in [-0.25, -0.2) is 0 Å². The minimum atomic E-state index is 0.185. The third-order valence-corrected chi connectivity index (χ3v) is 3.61. The topological polar surface area (TPSA) is 44.0 Å². The second kappa shape index (κ2) is 4.57. The molecule has 1 aliphatic carbocycles. The summed E-state index contributed by atoms with van der Waals surface area (Å²) >= 11 is 0. The first-order valence-corrected chi connectivity index (χ1v) is 5.93. The SMILES string of the molecule is CC1CCC(c2ccc(O)cc2C#N)CC1. The highest BCUT2D eigenvalue weighted by atomic mass is 16.3. The Labute approximate surface area is 96.5 Å². The Kier molecular flexibility index (Phi) is 3.14. The molecular weight excluding hydrogens is 198 g/mol. The Morgan fingerprint density at radius 3 is 2.56 bits per heavy atom. The lowest BCUT2D eigenvalue weighted by Gasteiger charge is -2.27. The van der Waals surface area contributed by atoms with Gasteiger partial charge in [0, 0.05) is 0 Å². The molecule has 1 fully saturated rings. The standard InChI is InChI=1S/C14H17NO/c1-10-2-4-11(5-3-10)14-7-6-13(16)8-12(14)9-15/h6-8,10-11,16H,2-5H2,1H3. The molecule has 2 rings (SSSR count). The van der Waals surface area contributed by atoms with Crippen molar-refractivity contribution in [2.75, 3.05) is 0 Å². The molecule has 2 nitrogen and oxygen atoms in total. The first-order valence-electron chi connectivity index (χ1n) is 5.93. The van der Waals surface area contributed by atoms with Crippen molar-refractivity contribution in [1.82, 2.24) is 0 Å². The summed E-state index contributed by atoms with van der Waals surface area (Å²) in [6, 6.07) is 7.36. The Balaban J connectivity index is 2.24. The van der Waals surface area contributed by atoms with Crippen molar-refractivity contribution in [3.05, 3.63) is 29.3 Å². The molecule has 0 atom stereocenters. The number of nitrogens with zero attached hydrogens (tertiary/aromatic N) is 1. The van der Waals surface area contributed by atoms with Crippen LogP contribution in [0.3, 0.4) is 0 Å². The second-order valence-corrected chi connectivity index (χ2v) is 4.84. The van der Waals surface area contributed by atoms with Crippen LogP contribution in [0.4, 0.5) is 0 Å². The molecule has 0 radical (unpaired) electrons. The summed E-state index contributed by atoms with van der Waals surface area (Å²) < 4.78 is 0. The average Bonchev–Trinajstić information content (AvgIpc) is 2.30. The van der Waals surface area contributed by atoms with Gasteiger partial charge in [0.25, 0.3) is 0 Å². The maximum atomic E-state index is 9.36. The van der Waals surface area contributed by atoms with Crippen LogP contribution in [0.15, 0.2) is 18.2 Å². The van der Waals surface area contributed by atoms with E-state index in [1.165, 1.54) is 25.7 Å². The Bertz CT molecular complexity index is 411. The van der Waals surface area contributed by atoms with Crippen molar-refractivity contribution >= 4 is 0 Å². The molecule has 1 aromatic carbocycles. The zero-order valence-electron chi connectivity index (χ0n) is 9.61. The van der Waals surface area contributed by atoms with Crippen molar-refractivity contribution in [3.8, 4) is 11.8 Å². The summed E-state index contributed by atoms with van der Waals surface area (Å²) in [5.74, 6) is 1.51. The van der Waals surface area contributed by atoms with Gasteiger partial charge in [-0.05, 0) is 42.4 Å². The molecule has 0 heterocycles. The number of hydrogen-bond acceptors (Lipinski definition) is 2. The molecule has 0 amide bonds. The molecule has 0 unspecified atom stereocenters. The maximum Gasteiger partial charge on any atom is 0.116 e. The average molecular weight is 215 g/mol. The zero-order valence-corrected chi connectivity index (χ0v) is 9.61. The van der Waals surface area contributed by atoms with Crippen LogP contribution in [0.2, 0.25) is 0 Å². The fourth-order valence-corrected chi connectivity index (χ4v) is 2.57. The van der Waals surface area contributed by atoms with E-state index in [1.807, 2.05) is 6.07 Å². The van der Waals surface area contributed by atoms with Gasteiger partial charge in [0.1, 0.15) is 5.75 Å². The van der Waals surface area contributed by atoms with E-state index in [9.17, 15) is 5.11 Å². The van der Waals surface area contributed by atoms with E-state index >= 15 is 0 Å². The van der Waals surface area contributed by atoms with Crippen molar-refractivity contribution < 1.29 is 5.11 Å². The molecule has 1 aliphatic rings. The van der Waals surface area contributed by atoms with Gasteiger partial charge in [-0.2, -0.15) is 5.26 Å². The van der Waals surface area contributed by atoms with Gasteiger partial charge in [-0.1, -0.05) is 25.8 Å². The van der Waals surface area contributed by atoms with Crippen LogP contribution >= 0.6 is 0 Å². The Morgan fingerprint density at radius 1 is 1.25 bits per heavy atom. The van der Waals surface area contributed by atoms with E-state index < -0.39 is 0 Å². The number of nitriles is 1. The molecular formula is C14H17NO. The lowest BCUT2D eigenvalue weighted by molar-refractivity contribution is 0.347. The molecule has 84 valence electrons. The van der Waals surface area contributed by atoms with Crippen LogP contribution < -0.4 is 0 Å². The maximum absolute atomic E-state index is 9.36. The molecule has 2 heteroatoms. The predicted octanol–water partition coefficient (Wildman–Crippen LogP) is 3.56. The van der Waals surface area contributed by atoms with Crippen molar-refractivity contribution in [2.24, 2.45) is 5.92 Å². The number of rotatable bonds is 1. The van der Waals surface area contributed by atoms with Crippen LogP contribution in [0, 0.1) is 17.2 Å². The molecule has 0 bridgehead atoms. The summed E-state index contributed by atoms with van der Waals surface area (Å²) in [6.45, 7) is 2.29. The molecule has 1 aromatic rings. The van der Waals surface area contributed by atoms with E-state index in [4.69, 9.17) is 5.26 Å². The third-order valence-electron chi connectivity index (χ3n) is 3.61. The van der Waals surface area contributed by atoms with Gasteiger partial charge < -0.3 is 5.11 Å². The second-order valence-electron chi connectivity index (χ2n) is 4.84. The molecule has 0 saturated heterocycles. The monoisotopic (exact) mass is 215 g/mol. The summed E-state index contributed by atoms with van der Waals surface area (Å²) in [4.78, 5) is 0. The van der Waals surface area contributed by atoms with Crippen LogP contribution in [0.1, 0.15) is 49.7 Å². The summed E-state index contributed by atoms with van der Waals surface area (Å²) in [6.07, 6.45) is 4.83. The molecule has 16 heavy (non-hydrogen) atoms. The normalized spacial score (nSPS) is 25.0. The lowest BCUT2D eigenvalue weighted by atomic mass is 9.78. The van der Waals surface area contributed by atoms with E-state index in [1.54, 1.807) is 12.1 Å². The Hall–Kier alpha value is -1.49. The van der Waals surface area contributed by atoms with E-state index in [0.717, 1.165) is 11.5 Å². The molecule has 0 aromatic heterocycles. The number of benzene rings is 1. The fourth-order valence-electron chi connectivity index (χ4n) is 2.57. The molecule has 0 aliphatic heterocycles. The highest BCUT2D eigenvalue weighted by molar-refractivity contribution is 5.44. The summed E-state index contributed by atoms with van der Waals surface area (Å²) in [7, 11) is 0. The number of phenols is 1. The smallest absolute Gasteiger partial charge is 0.116 e. The summed E-state index contributed by atoms with van der Waals surface area (Å²) in [5.41, 5.74) is 1.76. The quantitative estimate of drug-likeness (QED) is 0.778. The number of hydrogen-bond donors (Lipinski definition) is 1. The van der Waals surface area contributed by atoms with Gasteiger partial charge >= 0.3 is 0 Å². The van der Waals surface area contributed by atoms with Crippen LogP contribution in [-0.4, -0.2) is 5.11 Å². The highest BCUT2D eigenvalue weighted by Gasteiger charge is 2.21. The van der Waals surface area contributed by atoms with E-state index in [2.05, 4.69) is 13.0 Å². The van der Waals surface area contributed by atoms with Gasteiger partial charge in [-0.3, -0.25) is 0 Å². The molecule has 1 N–H and O–H groups in total. The summed E-state index contributed by atoms with van der Waals surface area (Å²) in [5, 5.41) is 18.4. The van der Waals surface area contributed by atoms with Crippen LogP contribution in [0.5, 0.6) is 5.75 Å². The van der Waals surface area contributed by atoms with Gasteiger partial charge in [-0.15, -0.1) is 0 Å². The minimum absolute atomic E-state index is 0.185. The van der Waals surface area contributed by atoms with Crippen molar-refractivity contribution in [3.63, 3.8) is 0 Å². The largest absolute Gasteiger partial charge is 0.508 e. The van der Waals surface area contributed by atoms with Crippen LogP contribution in [0.25, 0.3) is 0 Å². The first kappa shape index (κ1) is 11.0. The van der Waals surface area contributed by atoms with E-state index in [-0.39, 0.29) is 5.75 Å². The lowest BCUT2D eigenvalue weighted by Crippen LogP contribution is -2.11. The van der Waals surface area contributed by atoms with E-state index in [0.29, 0.717) is 11.5 Å². The van der Waals surface area contributed by atoms with Crippen molar-refractivity contribution in [1.29, 1.82) is 5.26 Å². The first-order chi connectivity index (χ1) is 7.70. The van der Waals surface area contributed by atoms with Crippen molar-refractivity contribution in [2.45, 2.75) is 38.5 Å². The van der Waals surface area contributed by atoms with Gasteiger partial charge in [0.2, 0.25) is 0 Å². The fraction of sp³-hybridized carbons (Fsp3) is 0.500. The van der Waals surface area contributed by atoms with Crippen LogP contribution in [-0.2, 0) is 0 Å². The number of phenolic OH excluding ortho intramolecular Hbond substituents is 1. The third kappa shape index (κ3) is 2.19. The predicted molar refractivity (Wildman–Crippen MR) is 63.2 cm³/mol. The van der Waals surface area contributed by atoms with Gasteiger partial charge in [0.05, 0.1) is 11.6 Å². The highest BCUT2D eigenvalue weighted by Crippen LogP contribution is 2.37.